The SMILES string of the molecule is Cl.NC(=O)C=C1CCN(CC2CCCCN2C(=O)Cc2ccc(Cl)c(Cl)c2)C1. The van der Waals surface area contributed by atoms with Crippen LogP contribution in [0, 0.1) is 0 Å². The summed E-state index contributed by atoms with van der Waals surface area (Å²) in [6, 6.07) is 5.56. The summed E-state index contributed by atoms with van der Waals surface area (Å²) < 4.78 is 0. The van der Waals surface area contributed by atoms with E-state index in [0.29, 0.717) is 16.5 Å². The first-order valence-corrected chi connectivity index (χ1v) is 10.1. The van der Waals surface area contributed by atoms with E-state index in [4.69, 9.17) is 28.9 Å². The summed E-state index contributed by atoms with van der Waals surface area (Å²) in [5, 5.41) is 0.973. The lowest BCUT2D eigenvalue weighted by Crippen LogP contribution is -2.49. The summed E-state index contributed by atoms with van der Waals surface area (Å²) in [7, 11) is 0. The molecule has 1 aromatic carbocycles. The Morgan fingerprint density at radius 1 is 1.18 bits per heavy atom. The lowest BCUT2D eigenvalue weighted by molar-refractivity contribution is -0.134. The summed E-state index contributed by atoms with van der Waals surface area (Å²) in [4.78, 5) is 28.3. The molecule has 2 aliphatic rings. The zero-order chi connectivity index (χ0) is 19.4. The number of nitrogens with zero attached hydrogens (tertiary/aromatic N) is 2. The number of amides is 2. The third-order valence-electron chi connectivity index (χ3n) is 5.28. The molecule has 154 valence electrons. The third kappa shape index (κ3) is 6.11. The second-order valence-electron chi connectivity index (χ2n) is 7.35. The molecular formula is C20H26Cl3N3O2. The number of likely N-dealkylation sites (tertiary alicyclic amines) is 2. The zero-order valence-electron chi connectivity index (χ0n) is 15.7. The lowest BCUT2D eigenvalue weighted by Gasteiger charge is -2.38. The Morgan fingerprint density at radius 3 is 2.68 bits per heavy atom. The van der Waals surface area contributed by atoms with Gasteiger partial charge in [-0.1, -0.05) is 29.3 Å². The monoisotopic (exact) mass is 445 g/mol. The molecule has 0 aliphatic carbocycles. The van der Waals surface area contributed by atoms with Crippen LogP contribution in [0.4, 0.5) is 0 Å². The van der Waals surface area contributed by atoms with Crippen LogP contribution in [-0.2, 0) is 16.0 Å². The number of benzene rings is 1. The van der Waals surface area contributed by atoms with E-state index >= 15 is 0 Å². The number of piperidine rings is 1. The van der Waals surface area contributed by atoms with E-state index in [1.807, 2.05) is 11.0 Å². The van der Waals surface area contributed by atoms with Crippen LogP contribution in [0.3, 0.4) is 0 Å². The summed E-state index contributed by atoms with van der Waals surface area (Å²) in [6.07, 6.45) is 5.93. The summed E-state index contributed by atoms with van der Waals surface area (Å²) in [5.41, 5.74) is 7.21. The number of carbonyl (C=O) groups is 2. The Labute approximate surface area is 182 Å². The molecule has 28 heavy (non-hydrogen) atoms. The van der Waals surface area contributed by atoms with Crippen molar-refractivity contribution in [1.29, 1.82) is 0 Å². The van der Waals surface area contributed by atoms with Gasteiger partial charge in [-0.25, -0.2) is 0 Å². The molecule has 1 atom stereocenters. The molecule has 0 spiro atoms. The summed E-state index contributed by atoms with van der Waals surface area (Å²) in [5.74, 6) is -0.256. The molecular weight excluding hydrogens is 421 g/mol. The molecule has 2 amide bonds. The van der Waals surface area contributed by atoms with Crippen LogP contribution in [-0.4, -0.2) is 53.8 Å². The normalized spacial score (nSPS) is 21.6. The second kappa shape index (κ2) is 10.5. The maximum absolute atomic E-state index is 12.9. The molecule has 1 aromatic rings. The molecule has 0 radical (unpaired) electrons. The average Bonchev–Trinajstić information content (AvgIpc) is 3.04. The summed E-state index contributed by atoms with van der Waals surface area (Å²) in [6.45, 7) is 3.30. The number of carbonyl (C=O) groups excluding carboxylic acids is 2. The van der Waals surface area contributed by atoms with Crippen molar-refractivity contribution in [3.8, 4) is 0 Å². The van der Waals surface area contributed by atoms with Crippen LogP contribution in [0.5, 0.6) is 0 Å². The van der Waals surface area contributed by atoms with Crippen molar-refractivity contribution in [2.24, 2.45) is 5.73 Å². The van der Waals surface area contributed by atoms with Gasteiger partial charge in [0.05, 0.1) is 16.5 Å². The Morgan fingerprint density at radius 2 is 1.96 bits per heavy atom. The zero-order valence-corrected chi connectivity index (χ0v) is 18.0. The first kappa shape index (κ1) is 23.0. The fourth-order valence-corrected chi connectivity index (χ4v) is 4.29. The largest absolute Gasteiger partial charge is 0.366 e. The standard InChI is InChI=1S/C20H25Cl2N3O2.ClH/c21-17-5-4-14(9-18(17)22)11-20(27)25-7-2-1-3-16(25)13-24-8-6-15(12-24)10-19(23)26;/h4-5,9-10,16H,1-3,6-8,11-13H2,(H2,23,26);1H. The quantitative estimate of drug-likeness (QED) is 0.704. The number of rotatable bonds is 5. The van der Waals surface area contributed by atoms with Crippen molar-refractivity contribution in [1.82, 2.24) is 9.80 Å². The van der Waals surface area contributed by atoms with E-state index in [0.717, 1.165) is 63.0 Å². The molecule has 5 nitrogen and oxygen atoms in total. The van der Waals surface area contributed by atoms with Crippen molar-refractivity contribution >= 4 is 47.4 Å². The van der Waals surface area contributed by atoms with Gasteiger partial charge < -0.3 is 10.6 Å². The average molecular weight is 447 g/mol. The number of nitrogens with two attached hydrogens (primary N) is 1. The van der Waals surface area contributed by atoms with Crippen LogP contribution < -0.4 is 5.73 Å². The molecule has 2 saturated heterocycles. The minimum atomic E-state index is -0.386. The predicted molar refractivity (Wildman–Crippen MR) is 115 cm³/mol. The van der Waals surface area contributed by atoms with E-state index in [1.165, 1.54) is 6.08 Å². The van der Waals surface area contributed by atoms with Crippen LogP contribution in [0.1, 0.15) is 31.2 Å². The first-order valence-electron chi connectivity index (χ1n) is 9.37. The fraction of sp³-hybridized carbons (Fsp3) is 0.500. The predicted octanol–water partition coefficient (Wildman–Crippen LogP) is 3.46. The van der Waals surface area contributed by atoms with Gasteiger partial charge in [-0.05, 0) is 49.0 Å². The number of hydrogen-bond donors (Lipinski definition) is 1. The molecule has 0 bridgehead atoms. The smallest absolute Gasteiger partial charge is 0.241 e. The van der Waals surface area contributed by atoms with Gasteiger partial charge in [0.25, 0.3) is 0 Å². The highest BCUT2D eigenvalue weighted by Crippen LogP contribution is 2.25. The van der Waals surface area contributed by atoms with Gasteiger partial charge in [0.15, 0.2) is 0 Å². The number of halogens is 3. The van der Waals surface area contributed by atoms with Crippen LogP contribution in [0.15, 0.2) is 29.8 Å². The second-order valence-corrected chi connectivity index (χ2v) is 8.17. The molecule has 0 saturated carbocycles. The molecule has 1 unspecified atom stereocenters. The minimum absolute atomic E-state index is 0. The fourth-order valence-electron chi connectivity index (χ4n) is 3.96. The van der Waals surface area contributed by atoms with Gasteiger partial charge in [-0.2, -0.15) is 0 Å². The first-order chi connectivity index (χ1) is 12.9. The highest BCUT2D eigenvalue weighted by molar-refractivity contribution is 6.42. The van der Waals surface area contributed by atoms with Crippen molar-refractivity contribution in [3.63, 3.8) is 0 Å². The third-order valence-corrected chi connectivity index (χ3v) is 6.02. The van der Waals surface area contributed by atoms with Gasteiger partial charge in [0.2, 0.25) is 11.8 Å². The molecule has 2 fully saturated rings. The Bertz CT molecular complexity index is 754. The highest BCUT2D eigenvalue weighted by atomic mass is 35.5. The Balaban J connectivity index is 0.00000280. The van der Waals surface area contributed by atoms with Crippen molar-refractivity contribution in [2.75, 3.05) is 26.2 Å². The summed E-state index contributed by atoms with van der Waals surface area (Å²) >= 11 is 12.0. The Kier molecular flexibility index (Phi) is 8.62. The highest BCUT2D eigenvalue weighted by Gasteiger charge is 2.29. The lowest BCUT2D eigenvalue weighted by atomic mass is 10.00. The van der Waals surface area contributed by atoms with E-state index in [1.54, 1.807) is 12.1 Å². The van der Waals surface area contributed by atoms with E-state index < -0.39 is 0 Å². The molecule has 3 rings (SSSR count). The van der Waals surface area contributed by atoms with E-state index in [-0.39, 0.29) is 30.3 Å². The molecule has 2 heterocycles. The molecule has 8 heteroatoms. The number of primary amides is 1. The molecule has 0 aromatic heterocycles. The molecule has 2 N–H and O–H groups in total. The van der Waals surface area contributed by atoms with Gasteiger partial charge in [0, 0.05) is 38.3 Å². The maximum atomic E-state index is 12.9. The maximum Gasteiger partial charge on any atom is 0.241 e. The minimum Gasteiger partial charge on any atom is -0.366 e. The van der Waals surface area contributed by atoms with Crippen molar-refractivity contribution in [3.05, 3.63) is 45.5 Å². The van der Waals surface area contributed by atoms with Crippen molar-refractivity contribution in [2.45, 2.75) is 38.1 Å². The topological polar surface area (TPSA) is 66.6 Å². The van der Waals surface area contributed by atoms with Gasteiger partial charge in [0.1, 0.15) is 0 Å². The Hall–Kier alpha value is -1.27. The van der Waals surface area contributed by atoms with Crippen molar-refractivity contribution < 1.29 is 9.59 Å². The van der Waals surface area contributed by atoms with Crippen LogP contribution in [0.2, 0.25) is 10.0 Å². The van der Waals surface area contributed by atoms with Gasteiger partial charge in [-0.15, -0.1) is 12.4 Å². The van der Waals surface area contributed by atoms with Crippen LogP contribution >= 0.6 is 35.6 Å². The van der Waals surface area contributed by atoms with E-state index in [9.17, 15) is 9.59 Å². The van der Waals surface area contributed by atoms with E-state index in [2.05, 4.69) is 4.90 Å². The van der Waals surface area contributed by atoms with Crippen LogP contribution in [0.25, 0.3) is 0 Å². The number of hydrogen-bond acceptors (Lipinski definition) is 3. The molecule has 2 aliphatic heterocycles. The van der Waals surface area contributed by atoms with Gasteiger partial charge >= 0.3 is 0 Å². The van der Waals surface area contributed by atoms with Gasteiger partial charge in [-0.3, -0.25) is 14.5 Å².